The molecule has 0 aromatic heterocycles. The number of phenols is 2. The first kappa shape index (κ1) is 30.0. The molecule has 0 radical (unpaired) electrons. The minimum atomic E-state index is -5.14. The number of benzene rings is 2. The summed E-state index contributed by atoms with van der Waals surface area (Å²) in [4.78, 5) is 48.6. The van der Waals surface area contributed by atoms with Crippen LogP contribution in [0.1, 0.15) is 68.9 Å². The first-order valence-corrected chi connectivity index (χ1v) is 14.7. The molecule has 0 saturated heterocycles. The second-order valence-electron chi connectivity index (χ2n) is 8.48. The quantitative estimate of drug-likeness (QED) is 0.139. The molecule has 0 heterocycles. The van der Waals surface area contributed by atoms with E-state index in [0.717, 1.165) is 24.0 Å². The SMILES string of the molecule is CCC(c1ccc(O)cc1)C(CC)c1ccc(O)c(NC(=O)CCCC(OP(=O)(O)O)P(=O)(O)O)c1. The van der Waals surface area contributed by atoms with E-state index in [2.05, 4.69) is 16.8 Å². The molecule has 36 heavy (non-hydrogen) atoms. The van der Waals surface area contributed by atoms with Gasteiger partial charge in [-0.25, -0.2) is 4.57 Å². The van der Waals surface area contributed by atoms with Gasteiger partial charge >= 0.3 is 15.4 Å². The summed E-state index contributed by atoms with van der Waals surface area (Å²) in [6.45, 7) is 4.10. The third-order valence-corrected chi connectivity index (χ3v) is 7.71. The van der Waals surface area contributed by atoms with Crippen LogP contribution in [0.25, 0.3) is 0 Å². The number of carbonyl (C=O) groups is 1. The van der Waals surface area contributed by atoms with Crippen molar-refractivity contribution in [2.75, 3.05) is 5.32 Å². The molecule has 0 aliphatic heterocycles. The number of hydrogen-bond donors (Lipinski definition) is 7. The topological polar surface area (TPSA) is 194 Å². The van der Waals surface area contributed by atoms with Crippen molar-refractivity contribution in [1.82, 2.24) is 0 Å². The number of aromatic hydroxyl groups is 2. The molecule has 0 spiro atoms. The summed E-state index contributed by atoms with van der Waals surface area (Å²) in [6, 6.07) is 12.0. The summed E-state index contributed by atoms with van der Waals surface area (Å²) in [5.41, 5.74) is 2.12. The molecular formula is C23H33NO10P2. The molecule has 2 aromatic carbocycles. The molecule has 3 atom stereocenters. The van der Waals surface area contributed by atoms with Gasteiger partial charge in [0.2, 0.25) is 5.91 Å². The lowest BCUT2D eigenvalue weighted by Crippen LogP contribution is -2.16. The van der Waals surface area contributed by atoms with Crippen LogP contribution in [0, 0.1) is 0 Å². The average molecular weight is 545 g/mol. The van der Waals surface area contributed by atoms with E-state index < -0.39 is 33.6 Å². The molecule has 1 amide bonds. The van der Waals surface area contributed by atoms with Gasteiger partial charge in [-0.15, -0.1) is 0 Å². The largest absolute Gasteiger partial charge is 0.508 e. The second kappa shape index (κ2) is 12.8. The summed E-state index contributed by atoms with van der Waals surface area (Å²) in [6.07, 6.45) is 0.785. The molecule has 13 heteroatoms. The Morgan fingerprint density at radius 2 is 1.47 bits per heavy atom. The van der Waals surface area contributed by atoms with E-state index in [1.807, 2.05) is 19.1 Å². The Morgan fingerprint density at radius 3 is 2.00 bits per heavy atom. The lowest BCUT2D eigenvalue weighted by molar-refractivity contribution is -0.116. The van der Waals surface area contributed by atoms with Gasteiger partial charge in [0.15, 0.2) is 5.85 Å². The van der Waals surface area contributed by atoms with E-state index in [4.69, 9.17) is 9.79 Å². The van der Waals surface area contributed by atoms with Crippen molar-refractivity contribution < 1.29 is 48.2 Å². The predicted octanol–water partition coefficient (Wildman–Crippen LogP) is 4.51. The molecule has 11 nitrogen and oxygen atoms in total. The summed E-state index contributed by atoms with van der Waals surface area (Å²) in [7, 11) is -10.1. The van der Waals surface area contributed by atoms with Crippen LogP contribution in [0.2, 0.25) is 0 Å². The third kappa shape index (κ3) is 9.01. The van der Waals surface area contributed by atoms with Crippen molar-refractivity contribution in [3.63, 3.8) is 0 Å². The maximum absolute atomic E-state index is 12.4. The minimum Gasteiger partial charge on any atom is -0.508 e. The van der Waals surface area contributed by atoms with Crippen LogP contribution in [-0.4, -0.2) is 41.5 Å². The molecular weight excluding hydrogens is 512 g/mol. The molecule has 0 fully saturated rings. The number of rotatable bonds is 13. The normalized spacial score (nSPS) is 14.7. The Hall–Kier alpha value is -2.23. The number of anilines is 1. The standard InChI is InChI=1S/C23H33NO10P2/c1-3-18(15-8-11-17(25)12-9-15)19(4-2)16-10-13-21(26)20(14-16)24-22(27)6-5-7-23(35(28,29)30)34-36(31,32)33/h8-14,18-19,23,25-26H,3-7H2,1-2H3,(H,24,27)(H2,28,29,30)(H2,31,32,33). The lowest BCUT2D eigenvalue weighted by atomic mass is 9.78. The molecule has 0 bridgehead atoms. The maximum Gasteiger partial charge on any atom is 0.470 e. The molecule has 2 rings (SSSR count). The molecule has 0 aliphatic carbocycles. The van der Waals surface area contributed by atoms with E-state index >= 15 is 0 Å². The number of nitrogens with one attached hydrogen (secondary N) is 1. The zero-order valence-corrected chi connectivity index (χ0v) is 21.8. The Kier molecular flexibility index (Phi) is 10.7. The van der Waals surface area contributed by atoms with Gasteiger partial charge in [-0.1, -0.05) is 32.0 Å². The van der Waals surface area contributed by atoms with Gasteiger partial charge in [0.05, 0.1) is 5.69 Å². The number of phenolic OH excluding ortho intramolecular Hbond substituents is 2. The lowest BCUT2D eigenvalue weighted by Gasteiger charge is -2.27. The molecule has 3 unspecified atom stereocenters. The first-order valence-electron chi connectivity index (χ1n) is 11.5. The van der Waals surface area contributed by atoms with E-state index in [-0.39, 0.29) is 41.9 Å². The zero-order valence-electron chi connectivity index (χ0n) is 20.0. The maximum atomic E-state index is 12.4. The highest BCUT2D eigenvalue weighted by molar-refractivity contribution is 7.53. The van der Waals surface area contributed by atoms with Crippen LogP contribution in [0.5, 0.6) is 11.5 Å². The fraction of sp³-hybridized carbons (Fsp3) is 0.435. The minimum absolute atomic E-state index is 0.0598. The third-order valence-electron chi connectivity index (χ3n) is 5.90. The van der Waals surface area contributed by atoms with Gasteiger partial charge in [0, 0.05) is 6.42 Å². The summed E-state index contributed by atoms with van der Waals surface area (Å²) >= 11 is 0. The molecule has 0 saturated carbocycles. The van der Waals surface area contributed by atoms with Crippen molar-refractivity contribution in [3.05, 3.63) is 53.6 Å². The van der Waals surface area contributed by atoms with E-state index in [9.17, 15) is 33.9 Å². The monoisotopic (exact) mass is 545 g/mol. The van der Waals surface area contributed by atoms with Gasteiger partial charge in [-0.3, -0.25) is 13.9 Å². The summed E-state index contributed by atoms with van der Waals surface area (Å²) < 4.78 is 26.6. The van der Waals surface area contributed by atoms with Gasteiger partial charge in [0.25, 0.3) is 0 Å². The second-order valence-corrected chi connectivity index (χ2v) is 11.4. The fourth-order valence-electron chi connectivity index (χ4n) is 4.20. The summed E-state index contributed by atoms with van der Waals surface area (Å²) in [5, 5.41) is 22.5. The van der Waals surface area contributed by atoms with E-state index in [1.165, 1.54) is 6.07 Å². The van der Waals surface area contributed by atoms with Gasteiger partial charge < -0.3 is 35.1 Å². The van der Waals surface area contributed by atoms with Crippen LogP contribution in [0.4, 0.5) is 5.69 Å². The fourth-order valence-corrected chi connectivity index (χ4v) is 6.00. The van der Waals surface area contributed by atoms with E-state index in [1.54, 1.807) is 24.3 Å². The Bertz CT molecular complexity index is 1110. The number of carbonyl (C=O) groups excluding carboxylic acids is 1. The number of hydrogen-bond acceptors (Lipinski definition) is 6. The highest BCUT2D eigenvalue weighted by Gasteiger charge is 2.35. The van der Waals surface area contributed by atoms with Crippen molar-refractivity contribution >= 4 is 27.0 Å². The van der Waals surface area contributed by atoms with Crippen molar-refractivity contribution in [3.8, 4) is 11.5 Å². The molecule has 2 aromatic rings. The number of phosphoric acid groups is 1. The Balaban J connectivity index is 2.12. The smallest absolute Gasteiger partial charge is 0.470 e. The molecule has 0 aliphatic rings. The Labute approximate surface area is 209 Å². The highest BCUT2D eigenvalue weighted by Crippen LogP contribution is 2.52. The van der Waals surface area contributed by atoms with E-state index in [0.29, 0.717) is 0 Å². The van der Waals surface area contributed by atoms with Gasteiger partial charge in [-0.05, 0) is 72.9 Å². The summed E-state index contributed by atoms with van der Waals surface area (Å²) in [5.74, 6) is -2.39. The van der Waals surface area contributed by atoms with Crippen LogP contribution >= 0.6 is 15.4 Å². The van der Waals surface area contributed by atoms with Crippen molar-refractivity contribution in [1.29, 1.82) is 0 Å². The van der Waals surface area contributed by atoms with Crippen LogP contribution in [0.15, 0.2) is 42.5 Å². The van der Waals surface area contributed by atoms with Crippen molar-refractivity contribution in [2.24, 2.45) is 0 Å². The average Bonchev–Trinajstić information content (AvgIpc) is 2.78. The number of amides is 1. The van der Waals surface area contributed by atoms with Crippen LogP contribution < -0.4 is 5.32 Å². The van der Waals surface area contributed by atoms with Crippen molar-refractivity contribution in [2.45, 2.75) is 63.6 Å². The first-order chi connectivity index (χ1) is 16.7. The van der Waals surface area contributed by atoms with Crippen LogP contribution in [0.3, 0.4) is 0 Å². The Morgan fingerprint density at radius 1 is 0.917 bits per heavy atom. The number of phosphoric ester groups is 1. The molecule has 200 valence electrons. The van der Waals surface area contributed by atoms with Crippen LogP contribution in [-0.2, 0) is 18.4 Å². The predicted molar refractivity (Wildman–Crippen MR) is 134 cm³/mol. The van der Waals surface area contributed by atoms with Gasteiger partial charge in [-0.2, -0.15) is 0 Å². The zero-order chi connectivity index (χ0) is 27.1. The molecule has 7 N–H and O–H groups in total. The van der Waals surface area contributed by atoms with Gasteiger partial charge in [0.1, 0.15) is 11.5 Å². The highest BCUT2D eigenvalue weighted by atomic mass is 31.2.